The van der Waals surface area contributed by atoms with Gasteiger partial charge in [0.15, 0.2) is 11.0 Å². The zero-order valence-corrected chi connectivity index (χ0v) is 11.8. The summed E-state index contributed by atoms with van der Waals surface area (Å²) in [5, 5.41) is -0.389. The third-order valence-corrected chi connectivity index (χ3v) is 4.18. The van der Waals surface area contributed by atoms with Crippen molar-refractivity contribution in [3.8, 4) is 0 Å². The summed E-state index contributed by atoms with van der Waals surface area (Å²) in [7, 11) is -4.26. The highest BCUT2D eigenvalue weighted by Crippen LogP contribution is 2.27. The first-order chi connectivity index (χ1) is 9.29. The van der Waals surface area contributed by atoms with Gasteiger partial charge in [-0.3, -0.25) is 4.72 Å². The average molecular weight is 340 g/mol. The van der Waals surface area contributed by atoms with E-state index in [4.69, 9.17) is 23.2 Å². The van der Waals surface area contributed by atoms with Crippen molar-refractivity contribution in [1.82, 2.24) is 9.97 Å². The third kappa shape index (κ3) is 3.14. The van der Waals surface area contributed by atoms with Crippen LogP contribution in [-0.4, -0.2) is 18.4 Å². The topological polar surface area (TPSA) is 72.0 Å². The van der Waals surface area contributed by atoms with Crippen molar-refractivity contribution in [3.63, 3.8) is 0 Å². The molecule has 5 nitrogen and oxygen atoms in total. The minimum Gasteiger partial charge on any atom is -0.262 e. The first-order valence-electron chi connectivity index (χ1n) is 4.94. The van der Waals surface area contributed by atoms with Crippen LogP contribution in [0.15, 0.2) is 29.4 Å². The SMILES string of the molecule is O=S(=O)(Nc1ncnc(Cl)c1Cl)c1cc(F)cc(F)c1. The fourth-order valence-corrected chi connectivity index (χ4v) is 2.69. The lowest BCUT2D eigenvalue weighted by atomic mass is 10.3. The summed E-state index contributed by atoms with van der Waals surface area (Å²) in [4.78, 5) is 6.52. The first kappa shape index (κ1) is 14.9. The van der Waals surface area contributed by atoms with Gasteiger partial charge in [-0.05, 0) is 12.1 Å². The predicted molar refractivity (Wildman–Crippen MR) is 69.2 cm³/mol. The maximum Gasteiger partial charge on any atom is 0.263 e. The van der Waals surface area contributed by atoms with Gasteiger partial charge >= 0.3 is 0 Å². The molecule has 0 aliphatic heterocycles. The van der Waals surface area contributed by atoms with Crippen LogP contribution in [0.25, 0.3) is 0 Å². The number of rotatable bonds is 3. The molecule has 0 bridgehead atoms. The summed E-state index contributed by atoms with van der Waals surface area (Å²) in [5.74, 6) is -2.36. The molecule has 0 aliphatic rings. The number of nitrogens with zero attached hydrogens (tertiary/aromatic N) is 2. The lowest BCUT2D eigenvalue weighted by molar-refractivity contribution is 0.568. The molecule has 2 aromatic rings. The largest absolute Gasteiger partial charge is 0.263 e. The Hall–Kier alpha value is -1.51. The molecule has 0 aliphatic carbocycles. The number of sulfonamides is 1. The highest BCUT2D eigenvalue weighted by molar-refractivity contribution is 7.92. The van der Waals surface area contributed by atoms with Gasteiger partial charge in [0.05, 0.1) is 4.90 Å². The van der Waals surface area contributed by atoms with Gasteiger partial charge in [0, 0.05) is 6.07 Å². The van der Waals surface area contributed by atoms with Crippen LogP contribution in [-0.2, 0) is 10.0 Å². The van der Waals surface area contributed by atoms with Crippen molar-refractivity contribution in [2.45, 2.75) is 4.90 Å². The van der Waals surface area contributed by atoms with Crippen molar-refractivity contribution in [2.75, 3.05) is 4.72 Å². The lowest BCUT2D eigenvalue weighted by Crippen LogP contribution is -2.15. The Morgan fingerprint density at radius 2 is 1.65 bits per heavy atom. The zero-order chi connectivity index (χ0) is 14.9. The van der Waals surface area contributed by atoms with E-state index in [1.165, 1.54) is 0 Å². The van der Waals surface area contributed by atoms with Gasteiger partial charge in [-0.15, -0.1) is 0 Å². The van der Waals surface area contributed by atoms with Crippen molar-refractivity contribution in [3.05, 3.63) is 46.3 Å². The highest BCUT2D eigenvalue weighted by atomic mass is 35.5. The molecule has 0 atom stereocenters. The van der Waals surface area contributed by atoms with Crippen LogP contribution in [0.2, 0.25) is 10.2 Å². The predicted octanol–water partition coefficient (Wildman–Crippen LogP) is 2.86. The second-order valence-corrected chi connectivity index (χ2v) is 5.96. The minimum absolute atomic E-state index is 0.162. The van der Waals surface area contributed by atoms with Crippen molar-refractivity contribution < 1.29 is 17.2 Å². The quantitative estimate of drug-likeness (QED) is 0.872. The van der Waals surface area contributed by atoms with Gasteiger partial charge < -0.3 is 0 Å². The number of benzene rings is 1. The van der Waals surface area contributed by atoms with E-state index in [9.17, 15) is 17.2 Å². The van der Waals surface area contributed by atoms with Crippen LogP contribution in [0.4, 0.5) is 14.6 Å². The average Bonchev–Trinajstić information content (AvgIpc) is 2.33. The Morgan fingerprint density at radius 1 is 1.05 bits per heavy atom. The maximum absolute atomic E-state index is 13.0. The first-order valence-corrected chi connectivity index (χ1v) is 7.18. The van der Waals surface area contributed by atoms with Gasteiger partial charge in [0.25, 0.3) is 10.0 Å². The molecule has 0 saturated carbocycles. The molecule has 1 aromatic heterocycles. The number of nitrogens with one attached hydrogen (secondary N) is 1. The van der Waals surface area contributed by atoms with Crippen LogP contribution in [0, 0.1) is 11.6 Å². The number of halogens is 4. The molecule has 0 spiro atoms. The Labute approximate surface area is 122 Å². The van der Waals surface area contributed by atoms with Crippen LogP contribution >= 0.6 is 23.2 Å². The minimum atomic E-state index is -4.26. The summed E-state index contributed by atoms with van der Waals surface area (Å²) < 4.78 is 52.0. The van der Waals surface area contributed by atoms with E-state index in [1.807, 2.05) is 4.72 Å². The van der Waals surface area contributed by atoms with E-state index in [2.05, 4.69) is 9.97 Å². The summed E-state index contributed by atoms with van der Waals surface area (Å²) in [6.07, 6.45) is 0.984. The molecule has 0 fully saturated rings. The van der Waals surface area contributed by atoms with Gasteiger partial charge in [-0.1, -0.05) is 23.2 Å². The number of aromatic nitrogens is 2. The Bertz CT molecular complexity index is 751. The number of hydrogen-bond donors (Lipinski definition) is 1. The van der Waals surface area contributed by atoms with Crippen molar-refractivity contribution in [2.24, 2.45) is 0 Å². The molecule has 2 rings (SSSR count). The Kier molecular flexibility index (Phi) is 4.07. The third-order valence-electron chi connectivity index (χ3n) is 2.12. The maximum atomic E-state index is 13.0. The second-order valence-electron chi connectivity index (χ2n) is 3.54. The van der Waals surface area contributed by atoms with Crippen LogP contribution in [0.5, 0.6) is 0 Å². The zero-order valence-electron chi connectivity index (χ0n) is 9.44. The smallest absolute Gasteiger partial charge is 0.262 e. The number of anilines is 1. The molecular weight excluding hydrogens is 335 g/mol. The Balaban J connectivity index is 2.43. The summed E-state index contributed by atoms with van der Waals surface area (Å²) in [5.41, 5.74) is 0. The van der Waals surface area contributed by atoms with Crippen molar-refractivity contribution in [1.29, 1.82) is 0 Å². The molecule has 106 valence electrons. The molecule has 0 amide bonds. The normalized spacial score (nSPS) is 11.4. The van der Waals surface area contributed by atoms with Gasteiger partial charge in [0.2, 0.25) is 0 Å². The molecule has 0 radical (unpaired) electrons. The molecule has 1 N–H and O–H groups in total. The lowest BCUT2D eigenvalue weighted by Gasteiger charge is -2.09. The fourth-order valence-electron chi connectivity index (χ4n) is 1.29. The van der Waals surface area contributed by atoms with Gasteiger partial charge in [0.1, 0.15) is 23.0 Å². The van der Waals surface area contributed by atoms with Crippen LogP contribution < -0.4 is 4.72 Å². The van der Waals surface area contributed by atoms with Crippen molar-refractivity contribution >= 4 is 39.0 Å². The molecule has 0 unspecified atom stereocenters. The molecule has 10 heteroatoms. The molecule has 1 heterocycles. The Morgan fingerprint density at radius 3 is 2.25 bits per heavy atom. The van der Waals surface area contributed by atoms with E-state index < -0.39 is 26.6 Å². The van der Waals surface area contributed by atoms with Crippen LogP contribution in [0.3, 0.4) is 0 Å². The molecule has 20 heavy (non-hydrogen) atoms. The van der Waals surface area contributed by atoms with E-state index in [-0.39, 0.29) is 16.0 Å². The second kappa shape index (κ2) is 5.47. The summed E-state index contributed by atoms with van der Waals surface area (Å²) in [6, 6.07) is 1.86. The summed E-state index contributed by atoms with van der Waals surface area (Å²) in [6.45, 7) is 0. The fraction of sp³-hybridized carbons (Fsp3) is 0. The monoisotopic (exact) mass is 339 g/mol. The van der Waals surface area contributed by atoms with E-state index in [0.29, 0.717) is 18.2 Å². The van der Waals surface area contributed by atoms with Gasteiger partial charge in [-0.25, -0.2) is 27.2 Å². The molecular formula is C10H5Cl2F2N3O2S. The van der Waals surface area contributed by atoms with Gasteiger partial charge in [-0.2, -0.15) is 0 Å². The van der Waals surface area contributed by atoms with E-state index >= 15 is 0 Å². The van der Waals surface area contributed by atoms with Crippen LogP contribution in [0.1, 0.15) is 0 Å². The van der Waals surface area contributed by atoms with E-state index in [1.54, 1.807) is 0 Å². The number of hydrogen-bond acceptors (Lipinski definition) is 4. The summed E-state index contributed by atoms with van der Waals surface area (Å²) >= 11 is 11.3. The highest BCUT2D eigenvalue weighted by Gasteiger charge is 2.19. The van der Waals surface area contributed by atoms with E-state index in [0.717, 1.165) is 6.33 Å². The molecule has 1 aromatic carbocycles. The molecule has 0 saturated heterocycles. The standard InChI is InChI=1S/C10H5Cl2F2N3O2S/c11-8-9(12)15-4-16-10(8)17-20(18,19)7-2-5(13)1-6(14)3-7/h1-4H,(H,15,16,17).